The normalized spacial score (nSPS) is 22.8. The van der Waals surface area contributed by atoms with Crippen molar-refractivity contribution in [2.75, 3.05) is 38.3 Å². The molecule has 1 saturated carbocycles. The molecule has 3 aliphatic rings. The number of nitrogens with zero attached hydrogens (tertiary/aromatic N) is 5. The first-order valence-electron chi connectivity index (χ1n) is 9.41. The molecule has 0 unspecified atom stereocenters. The van der Waals surface area contributed by atoms with Gasteiger partial charge in [-0.3, -0.25) is 0 Å². The molecule has 7 heteroatoms. The number of carbonyl (C=O) groups excluding carboxylic acids is 1. The van der Waals surface area contributed by atoms with Crippen LogP contribution in [0.2, 0.25) is 0 Å². The zero-order chi connectivity index (χ0) is 17.2. The van der Waals surface area contributed by atoms with Gasteiger partial charge in [-0.1, -0.05) is 19.3 Å². The van der Waals surface area contributed by atoms with Gasteiger partial charge in [-0.2, -0.15) is 0 Å². The van der Waals surface area contributed by atoms with E-state index in [0.717, 1.165) is 56.2 Å². The fourth-order valence-corrected chi connectivity index (χ4v) is 4.21. The van der Waals surface area contributed by atoms with Gasteiger partial charge in [0.1, 0.15) is 12.1 Å². The highest BCUT2D eigenvalue weighted by molar-refractivity contribution is 5.76. The second kappa shape index (κ2) is 7.15. The number of urea groups is 1. The summed E-state index contributed by atoms with van der Waals surface area (Å²) in [4.78, 5) is 28.2. The van der Waals surface area contributed by atoms with Gasteiger partial charge in [0.25, 0.3) is 0 Å². The first kappa shape index (κ1) is 16.6. The molecule has 0 aromatic carbocycles. The number of carbonyl (C=O) groups is 1. The standard InChI is InChI=1S/C18H27N5O2/c1-21-12-16-15(11-23(18(21)24)14-5-3-2-4-6-14)17(20-13-19-16)22-7-9-25-10-8-22/h13-14H,2-12H2,1H3. The summed E-state index contributed by atoms with van der Waals surface area (Å²) in [5, 5.41) is 0. The monoisotopic (exact) mass is 345 g/mol. The van der Waals surface area contributed by atoms with Crippen LogP contribution >= 0.6 is 0 Å². The van der Waals surface area contributed by atoms with E-state index in [9.17, 15) is 4.79 Å². The van der Waals surface area contributed by atoms with Gasteiger partial charge in [-0.05, 0) is 12.8 Å². The minimum Gasteiger partial charge on any atom is -0.378 e. The van der Waals surface area contributed by atoms with Crippen LogP contribution in [-0.2, 0) is 17.8 Å². The molecule has 1 saturated heterocycles. The second-order valence-electron chi connectivity index (χ2n) is 7.28. The smallest absolute Gasteiger partial charge is 0.320 e. The van der Waals surface area contributed by atoms with Crippen molar-refractivity contribution in [2.45, 2.75) is 51.2 Å². The molecule has 7 nitrogen and oxygen atoms in total. The molecule has 3 heterocycles. The van der Waals surface area contributed by atoms with E-state index in [-0.39, 0.29) is 6.03 Å². The van der Waals surface area contributed by atoms with Crippen LogP contribution in [0.25, 0.3) is 0 Å². The molecular formula is C18H27N5O2. The average molecular weight is 345 g/mol. The Morgan fingerprint density at radius 3 is 2.60 bits per heavy atom. The van der Waals surface area contributed by atoms with Crippen molar-refractivity contribution in [3.8, 4) is 0 Å². The van der Waals surface area contributed by atoms with Gasteiger partial charge in [0.05, 0.1) is 32.0 Å². The lowest BCUT2D eigenvalue weighted by atomic mass is 9.94. The fraction of sp³-hybridized carbons (Fsp3) is 0.722. The Morgan fingerprint density at radius 2 is 1.84 bits per heavy atom. The third-order valence-corrected chi connectivity index (χ3v) is 5.63. The molecular weight excluding hydrogens is 318 g/mol. The van der Waals surface area contributed by atoms with Crippen molar-refractivity contribution in [1.29, 1.82) is 0 Å². The Kier molecular flexibility index (Phi) is 4.74. The van der Waals surface area contributed by atoms with Crippen LogP contribution in [0, 0.1) is 0 Å². The highest BCUT2D eigenvalue weighted by atomic mass is 16.5. The number of rotatable bonds is 2. The first-order chi connectivity index (χ1) is 12.2. The summed E-state index contributed by atoms with van der Waals surface area (Å²) in [5.41, 5.74) is 2.10. The Balaban J connectivity index is 1.68. The van der Waals surface area contributed by atoms with Crippen LogP contribution in [0.15, 0.2) is 6.33 Å². The Bertz CT molecular complexity index is 626. The third-order valence-electron chi connectivity index (χ3n) is 5.63. The van der Waals surface area contributed by atoms with Gasteiger partial charge >= 0.3 is 6.03 Å². The van der Waals surface area contributed by atoms with Crippen molar-refractivity contribution in [3.05, 3.63) is 17.6 Å². The lowest BCUT2D eigenvalue weighted by Gasteiger charge is -2.36. The Hall–Kier alpha value is -1.89. The van der Waals surface area contributed by atoms with Crippen molar-refractivity contribution in [3.63, 3.8) is 0 Å². The van der Waals surface area contributed by atoms with Gasteiger partial charge in [0.15, 0.2) is 0 Å². The Labute approximate surface area is 149 Å². The van der Waals surface area contributed by atoms with Crippen LogP contribution in [0.5, 0.6) is 0 Å². The lowest BCUT2D eigenvalue weighted by Crippen LogP contribution is -2.45. The molecule has 0 bridgehead atoms. The molecule has 0 radical (unpaired) electrons. The molecule has 1 aromatic rings. The summed E-state index contributed by atoms with van der Waals surface area (Å²) in [7, 11) is 1.88. The minimum absolute atomic E-state index is 0.123. The van der Waals surface area contributed by atoms with E-state index >= 15 is 0 Å². The molecule has 136 valence electrons. The summed E-state index contributed by atoms with van der Waals surface area (Å²) >= 11 is 0. The number of hydrogen-bond donors (Lipinski definition) is 0. The van der Waals surface area contributed by atoms with Crippen LogP contribution < -0.4 is 4.90 Å². The molecule has 4 rings (SSSR count). The van der Waals surface area contributed by atoms with Gasteiger partial charge in [0.2, 0.25) is 0 Å². The van der Waals surface area contributed by atoms with Crippen LogP contribution in [0.3, 0.4) is 0 Å². The molecule has 25 heavy (non-hydrogen) atoms. The zero-order valence-corrected chi connectivity index (χ0v) is 15.0. The summed E-state index contributed by atoms with van der Waals surface area (Å²) in [5.74, 6) is 0.984. The molecule has 0 spiro atoms. The van der Waals surface area contributed by atoms with Gasteiger partial charge in [0, 0.05) is 31.7 Å². The summed E-state index contributed by atoms with van der Waals surface area (Å²) in [6.07, 6.45) is 7.57. The van der Waals surface area contributed by atoms with Crippen LogP contribution in [-0.4, -0.2) is 65.2 Å². The summed E-state index contributed by atoms with van der Waals surface area (Å²) in [6.45, 7) is 4.31. The number of amides is 2. The van der Waals surface area contributed by atoms with E-state index in [0.29, 0.717) is 19.1 Å². The first-order valence-corrected chi connectivity index (χ1v) is 9.41. The highest BCUT2D eigenvalue weighted by Gasteiger charge is 2.33. The highest BCUT2D eigenvalue weighted by Crippen LogP contribution is 2.31. The molecule has 2 aliphatic heterocycles. The molecule has 1 aliphatic carbocycles. The van der Waals surface area contributed by atoms with E-state index in [2.05, 4.69) is 19.8 Å². The molecule has 2 fully saturated rings. The third kappa shape index (κ3) is 3.29. The van der Waals surface area contributed by atoms with Crippen LogP contribution in [0.4, 0.5) is 10.6 Å². The van der Waals surface area contributed by atoms with E-state index in [1.165, 1.54) is 19.3 Å². The van der Waals surface area contributed by atoms with E-state index in [4.69, 9.17) is 4.74 Å². The number of fused-ring (bicyclic) bond motifs is 1. The molecule has 0 N–H and O–H groups in total. The van der Waals surface area contributed by atoms with Gasteiger partial charge in [-0.25, -0.2) is 14.8 Å². The quantitative estimate of drug-likeness (QED) is 0.821. The number of aromatic nitrogens is 2. The van der Waals surface area contributed by atoms with Crippen molar-refractivity contribution >= 4 is 11.8 Å². The number of ether oxygens (including phenoxy) is 1. The largest absolute Gasteiger partial charge is 0.378 e. The minimum atomic E-state index is 0.123. The maximum Gasteiger partial charge on any atom is 0.320 e. The van der Waals surface area contributed by atoms with E-state index < -0.39 is 0 Å². The maximum atomic E-state index is 13.0. The van der Waals surface area contributed by atoms with Crippen molar-refractivity contribution in [2.24, 2.45) is 0 Å². The summed E-state index contributed by atoms with van der Waals surface area (Å²) in [6, 6.07) is 0.463. The zero-order valence-electron chi connectivity index (χ0n) is 15.0. The SMILES string of the molecule is CN1Cc2ncnc(N3CCOCC3)c2CN(C2CCCCC2)C1=O. The number of anilines is 1. The van der Waals surface area contributed by atoms with E-state index in [1.807, 2.05) is 7.05 Å². The molecule has 1 aromatic heterocycles. The van der Waals surface area contributed by atoms with Crippen molar-refractivity contribution in [1.82, 2.24) is 19.8 Å². The lowest BCUT2D eigenvalue weighted by molar-refractivity contribution is 0.121. The maximum absolute atomic E-state index is 13.0. The topological polar surface area (TPSA) is 61.8 Å². The predicted molar refractivity (Wildman–Crippen MR) is 94.3 cm³/mol. The molecule has 0 atom stereocenters. The van der Waals surface area contributed by atoms with E-state index in [1.54, 1.807) is 11.2 Å². The number of morpholine rings is 1. The van der Waals surface area contributed by atoms with Gasteiger partial charge < -0.3 is 19.4 Å². The second-order valence-corrected chi connectivity index (χ2v) is 7.28. The Morgan fingerprint density at radius 1 is 1.08 bits per heavy atom. The number of hydrogen-bond acceptors (Lipinski definition) is 5. The fourth-order valence-electron chi connectivity index (χ4n) is 4.21. The average Bonchev–Trinajstić information content (AvgIpc) is 2.79. The predicted octanol–water partition coefficient (Wildman–Crippen LogP) is 2.01. The molecule has 2 amide bonds. The summed E-state index contributed by atoms with van der Waals surface area (Å²) < 4.78 is 5.48. The van der Waals surface area contributed by atoms with Crippen molar-refractivity contribution < 1.29 is 9.53 Å². The van der Waals surface area contributed by atoms with Crippen LogP contribution in [0.1, 0.15) is 43.4 Å². The van der Waals surface area contributed by atoms with Gasteiger partial charge in [-0.15, -0.1) is 0 Å².